The smallest absolute Gasteiger partial charge is 0.233 e. The van der Waals surface area contributed by atoms with Crippen molar-refractivity contribution >= 4 is 17.7 Å². The number of carbonyl (C=O) groups is 1. The summed E-state index contributed by atoms with van der Waals surface area (Å²) in [4.78, 5) is 15.5. The van der Waals surface area contributed by atoms with Crippen molar-refractivity contribution in [3.8, 4) is 0 Å². The first-order chi connectivity index (χ1) is 12.2. The molecule has 0 atom stereocenters. The average molecular weight is 365 g/mol. The quantitative estimate of drug-likeness (QED) is 0.710. The number of carbonyl (C=O) groups excluding carboxylic acids is 1. The average Bonchev–Trinajstić information content (AvgIpc) is 3.01. The van der Waals surface area contributed by atoms with Crippen LogP contribution in [0.25, 0.3) is 0 Å². The summed E-state index contributed by atoms with van der Waals surface area (Å²) in [5.41, 5.74) is 0. The third-order valence-corrected chi connectivity index (χ3v) is 6.72. The first kappa shape index (κ1) is 18.7. The van der Waals surface area contributed by atoms with Crippen molar-refractivity contribution in [2.45, 2.75) is 102 Å². The van der Waals surface area contributed by atoms with Crippen LogP contribution in [0.3, 0.4) is 0 Å². The number of hydrogen-bond donors (Lipinski definition) is 0. The monoisotopic (exact) mass is 364 g/mol. The van der Waals surface area contributed by atoms with Crippen LogP contribution in [0.15, 0.2) is 5.16 Å². The van der Waals surface area contributed by atoms with E-state index in [0.29, 0.717) is 23.7 Å². The summed E-state index contributed by atoms with van der Waals surface area (Å²) < 4.78 is 2.09. The maximum absolute atomic E-state index is 13.2. The van der Waals surface area contributed by atoms with Gasteiger partial charge in [-0.25, -0.2) is 0 Å². The second kappa shape index (κ2) is 9.06. The van der Waals surface area contributed by atoms with Gasteiger partial charge in [0, 0.05) is 18.6 Å². The second-order valence-electron chi connectivity index (χ2n) is 7.45. The Hall–Kier alpha value is -1.04. The van der Waals surface area contributed by atoms with Crippen molar-refractivity contribution in [3.63, 3.8) is 0 Å². The summed E-state index contributed by atoms with van der Waals surface area (Å²) >= 11 is 1.56. The van der Waals surface area contributed by atoms with Crippen molar-refractivity contribution in [2.24, 2.45) is 0 Å². The van der Waals surface area contributed by atoms with E-state index < -0.39 is 0 Å². The molecule has 0 N–H and O–H groups in total. The number of aromatic nitrogens is 3. The topological polar surface area (TPSA) is 51.0 Å². The van der Waals surface area contributed by atoms with Gasteiger partial charge >= 0.3 is 0 Å². The van der Waals surface area contributed by atoms with Gasteiger partial charge in [-0.3, -0.25) is 4.79 Å². The van der Waals surface area contributed by atoms with Crippen LogP contribution in [0.5, 0.6) is 0 Å². The number of hydrogen-bond acceptors (Lipinski definition) is 4. The Balaban J connectivity index is 1.67. The highest BCUT2D eigenvalue weighted by Crippen LogP contribution is 2.31. The van der Waals surface area contributed by atoms with Gasteiger partial charge in [-0.2, -0.15) is 0 Å². The van der Waals surface area contributed by atoms with E-state index in [2.05, 4.69) is 26.6 Å². The molecule has 5 nitrogen and oxygen atoms in total. The lowest BCUT2D eigenvalue weighted by atomic mass is 9.88. The van der Waals surface area contributed by atoms with Gasteiger partial charge in [0.2, 0.25) is 5.91 Å². The molecular formula is C19H32N4OS. The van der Waals surface area contributed by atoms with Gasteiger partial charge in [0.1, 0.15) is 5.82 Å². The molecule has 0 bridgehead atoms. The molecule has 1 aromatic rings. The molecule has 1 aromatic heterocycles. The predicted molar refractivity (Wildman–Crippen MR) is 102 cm³/mol. The van der Waals surface area contributed by atoms with Crippen molar-refractivity contribution in [1.82, 2.24) is 19.7 Å². The molecule has 25 heavy (non-hydrogen) atoms. The maximum atomic E-state index is 13.2. The molecule has 0 unspecified atom stereocenters. The number of aryl methyl sites for hydroxylation is 1. The normalized spacial score (nSPS) is 19.9. The first-order valence-corrected chi connectivity index (χ1v) is 11.0. The predicted octanol–water partition coefficient (Wildman–Crippen LogP) is 4.19. The van der Waals surface area contributed by atoms with E-state index in [0.717, 1.165) is 17.5 Å². The van der Waals surface area contributed by atoms with Crippen LogP contribution in [0.2, 0.25) is 0 Å². The summed E-state index contributed by atoms with van der Waals surface area (Å²) in [5.74, 6) is 1.73. The molecule has 2 fully saturated rings. The largest absolute Gasteiger partial charge is 0.336 e. The molecule has 6 heteroatoms. The maximum Gasteiger partial charge on any atom is 0.233 e. The summed E-state index contributed by atoms with van der Waals surface area (Å²) in [7, 11) is 0. The van der Waals surface area contributed by atoms with Gasteiger partial charge in [0.05, 0.1) is 5.75 Å². The van der Waals surface area contributed by atoms with Gasteiger partial charge in [-0.1, -0.05) is 50.3 Å². The molecule has 2 aliphatic carbocycles. The minimum absolute atomic E-state index is 0.312. The highest BCUT2D eigenvalue weighted by molar-refractivity contribution is 7.99. The molecule has 2 aliphatic rings. The highest BCUT2D eigenvalue weighted by Gasteiger charge is 2.32. The Bertz CT molecular complexity index is 544. The van der Waals surface area contributed by atoms with Crippen LogP contribution in [-0.2, 0) is 11.3 Å². The Labute approximate surface area is 155 Å². The Morgan fingerprint density at radius 1 is 1.04 bits per heavy atom. The van der Waals surface area contributed by atoms with Crippen molar-refractivity contribution < 1.29 is 4.79 Å². The minimum Gasteiger partial charge on any atom is -0.336 e. The third kappa shape index (κ3) is 4.57. The molecule has 1 amide bonds. The zero-order valence-corrected chi connectivity index (χ0v) is 16.6. The molecule has 0 aliphatic heterocycles. The van der Waals surface area contributed by atoms with Crippen molar-refractivity contribution in [1.29, 1.82) is 0 Å². The van der Waals surface area contributed by atoms with Gasteiger partial charge < -0.3 is 9.47 Å². The molecule has 140 valence electrons. The van der Waals surface area contributed by atoms with Gasteiger partial charge in [0.25, 0.3) is 0 Å². The Kier molecular flexibility index (Phi) is 6.79. The van der Waals surface area contributed by atoms with E-state index in [-0.39, 0.29) is 0 Å². The number of thioether (sulfide) groups is 1. The summed E-state index contributed by atoms with van der Waals surface area (Å²) in [5, 5.41) is 9.28. The molecule has 0 radical (unpaired) electrons. The van der Waals surface area contributed by atoms with Crippen LogP contribution in [0.4, 0.5) is 0 Å². The Morgan fingerprint density at radius 2 is 1.60 bits per heavy atom. The van der Waals surface area contributed by atoms with Crippen LogP contribution < -0.4 is 0 Å². The lowest BCUT2D eigenvalue weighted by Gasteiger charge is -2.41. The summed E-state index contributed by atoms with van der Waals surface area (Å²) in [6, 6.07) is 0.937. The number of rotatable bonds is 6. The fourth-order valence-corrected chi connectivity index (χ4v) is 5.37. The lowest BCUT2D eigenvalue weighted by molar-refractivity contribution is -0.135. The van der Waals surface area contributed by atoms with Gasteiger partial charge in [-0.15, -0.1) is 10.2 Å². The van der Waals surface area contributed by atoms with Gasteiger partial charge in [-0.05, 0) is 39.5 Å². The number of amides is 1. The van der Waals surface area contributed by atoms with Crippen molar-refractivity contribution in [2.75, 3.05) is 5.75 Å². The summed E-state index contributed by atoms with van der Waals surface area (Å²) in [6.45, 7) is 4.92. The van der Waals surface area contributed by atoms with E-state index in [1.165, 1.54) is 64.2 Å². The number of nitrogens with zero attached hydrogens (tertiary/aromatic N) is 4. The van der Waals surface area contributed by atoms with E-state index in [4.69, 9.17) is 0 Å². The van der Waals surface area contributed by atoms with Crippen LogP contribution in [0, 0.1) is 6.92 Å². The molecule has 0 aromatic carbocycles. The van der Waals surface area contributed by atoms with E-state index in [9.17, 15) is 4.79 Å². The van der Waals surface area contributed by atoms with Crippen molar-refractivity contribution in [3.05, 3.63) is 5.82 Å². The standard InChI is InChI=1S/C19H32N4OS/c1-3-22-15(2)20-21-19(22)25-14-18(24)23(16-10-6-4-7-11-16)17-12-8-5-9-13-17/h16-17H,3-14H2,1-2H3. The second-order valence-corrected chi connectivity index (χ2v) is 8.39. The molecule has 0 spiro atoms. The fourth-order valence-electron chi connectivity index (χ4n) is 4.46. The van der Waals surface area contributed by atoms with Crippen LogP contribution in [0.1, 0.15) is 77.0 Å². The molecular weight excluding hydrogens is 332 g/mol. The van der Waals surface area contributed by atoms with E-state index >= 15 is 0 Å². The third-order valence-electron chi connectivity index (χ3n) is 5.77. The zero-order valence-electron chi connectivity index (χ0n) is 15.7. The molecule has 0 saturated heterocycles. The van der Waals surface area contributed by atoms with Gasteiger partial charge in [0.15, 0.2) is 5.16 Å². The fraction of sp³-hybridized carbons (Fsp3) is 0.842. The molecule has 1 heterocycles. The molecule has 2 saturated carbocycles. The van der Waals surface area contributed by atoms with Crippen LogP contribution >= 0.6 is 11.8 Å². The summed E-state index contributed by atoms with van der Waals surface area (Å²) in [6.07, 6.45) is 12.5. The van der Waals surface area contributed by atoms with E-state index in [1.54, 1.807) is 11.8 Å². The SMILES string of the molecule is CCn1c(C)nnc1SCC(=O)N(C1CCCCC1)C1CCCCC1. The zero-order chi connectivity index (χ0) is 17.6. The lowest BCUT2D eigenvalue weighted by Crippen LogP contribution is -2.49. The Morgan fingerprint density at radius 3 is 2.12 bits per heavy atom. The minimum atomic E-state index is 0.312. The van der Waals surface area contributed by atoms with Crippen LogP contribution in [-0.4, -0.2) is 43.4 Å². The first-order valence-electron chi connectivity index (χ1n) is 10.0. The highest BCUT2D eigenvalue weighted by atomic mass is 32.2. The van der Waals surface area contributed by atoms with E-state index in [1.807, 2.05) is 6.92 Å². The molecule has 3 rings (SSSR count).